The Bertz CT molecular complexity index is 428. The van der Waals surface area contributed by atoms with Crippen LogP contribution < -0.4 is 4.74 Å². The quantitative estimate of drug-likeness (QED) is 0.847. The minimum Gasteiger partial charge on any atom is -0.495 e. The number of hydrogen-bond acceptors (Lipinski definition) is 3. The number of carboxylic acids is 1. The summed E-state index contributed by atoms with van der Waals surface area (Å²) in [6, 6.07) is 3.60. The molecule has 16 heavy (non-hydrogen) atoms. The highest BCUT2D eigenvalue weighted by atomic mass is 16.5. The van der Waals surface area contributed by atoms with Gasteiger partial charge in [-0.1, -0.05) is 13.8 Å². The summed E-state index contributed by atoms with van der Waals surface area (Å²) in [6.07, 6.45) is 1.67. The van der Waals surface area contributed by atoms with Crippen LogP contribution in [0.15, 0.2) is 18.3 Å². The number of ether oxygens (including phenoxy) is 1. The maximum atomic E-state index is 11.1. The van der Waals surface area contributed by atoms with Gasteiger partial charge in [0.15, 0.2) is 0 Å². The molecule has 1 aromatic heterocycles. The first-order chi connectivity index (χ1) is 7.50. The van der Waals surface area contributed by atoms with Gasteiger partial charge in [0, 0.05) is 12.1 Å². The number of hydrogen-bond donors (Lipinski definition) is 1. The monoisotopic (exact) mass is 221 g/mol. The van der Waals surface area contributed by atoms with Crippen LogP contribution in [-0.4, -0.2) is 23.2 Å². The minimum atomic E-state index is -0.761. The highest BCUT2D eigenvalue weighted by Crippen LogP contribution is 2.65. The van der Waals surface area contributed by atoms with Crippen molar-refractivity contribution in [1.82, 2.24) is 4.98 Å². The van der Waals surface area contributed by atoms with Crippen molar-refractivity contribution in [2.75, 3.05) is 7.11 Å². The van der Waals surface area contributed by atoms with Gasteiger partial charge >= 0.3 is 5.97 Å². The van der Waals surface area contributed by atoms with E-state index in [2.05, 4.69) is 4.98 Å². The largest absolute Gasteiger partial charge is 0.495 e. The maximum absolute atomic E-state index is 11.1. The summed E-state index contributed by atoms with van der Waals surface area (Å²) in [5.41, 5.74) is 0.510. The number of carboxylic acid groups (broad SMARTS) is 1. The lowest BCUT2D eigenvalue weighted by Gasteiger charge is -2.07. The van der Waals surface area contributed by atoms with Gasteiger partial charge < -0.3 is 9.84 Å². The van der Waals surface area contributed by atoms with E-state index in [1.54, 1.807) is 19.4 Å². The molecule has 2 atom stereocenters. The smallest absolute Gasteiger partial charge is 0.307 e. The number of aromatic nitrogens is 1. The lowest BCUT2D eigenvalue weighted by Crippen LogP contribution is -2.03. The van der Waals surface area contributed by atoms with E-state index in [-0.39, 0.29) is 17.3 Å². The Kier molecular flexibility index (Phi) is 2.37. The molecule has 0 spiro atoms. The van der Waals surface area contributed by atoms with Crippen LogP contribution in [0.3, 0.4) is 0 Å². The van der Waals surface area contributed by atoms with Crippen molar-refractivity contribution in [3.05, 3.63) is 24.0 Å². The standard InChI is InChI=1S/C12H15NO3/c1-12(2)8(9(12)11(14)15)10-7(16-3)5-4-6-13-10/h4-6,8-9H,1-3H3,(H,14,15)/t8-,9-/m1/s1. The van der Waals surface area contributed by atoms with E-state index in [1.165, 1.54) is 0 Å². The van der Waals surface area contributed by atoms with Crippen LogP contribution in [0.25, 0.3) is 0 Å². The van der Waals surface area contributed by atoms with Gasteiger partial charge in [0.1, 0.15) is 5.75 Å². The summed E-state index contributed by atoms with van der Waals surface area (Å²) in [5.74, 6) is -0.510. The predicted octanol–water partition coefficient (Wildman–Crippen LogP) is 1.91. The van der Waals surface area contributed by atoms with Gasteiger partial charge in [-0.25, -0.2) is 0 Å². The van der Waals surface area contributed by atoms with Crippen molar-refractivity contribution in [1.29, 1.82) is 0 Å². The zero-order chi connectivity index (χ0) is 11.9. The van der Waals surface area contributed by atoms with Gasteiger partial charge in [-0.3, -0.25) is 9.78 Å². The summed E-state index contributed by atoms with van der Waals surface area (Å²) < 4.78 is 5.21. The molecular formula is C12H15NO3. The van der Waals surface area contributed by atoms with Crippen molar-refractivity contribution < 1.29 is 14.6 Å². The van der Waals surface area contributed by atoms with Crippen LogP contribution in [0.4, 0.5) is 0 Å². The molecule has 4 heteroatoms. The zero-order valence-corrected chi connectivity index (χ0v) is 9.60. The highest BCUT2D eigenvalue weighted by molar-refractivity contribution is 5.77. The average Bonchev–Trinajstić information content (AvgIpc) is 2.81. The molecule has 0 aromatic carbocycles. The fourth-order valence-electron chi connectivity index (χ4n) is 2.42. The summed E-state index contributed by atoms with van der Waals surface area (Å²) in [7, 11) is 1.58. The molecule has 0 amide bonds. The minimum absolute atomic E-state index is 0.0545. The maximum Gasteiger partial charge on any atom is 0.307 e. The number of methoxy groups -OCH3 is 1. The third-order valence-electron chi connectivity index (χ3n) is 3.41. The molecular weight excluding hydrogens is 206 g/mol. The summed E-state index contributed by atoms with van der Waals surface area (Å²) >= 11 is 0. The van der Waals surface area contributed by atoms with Crippen LogP contribution in [0.5, 0.6) is 5.75 Å². The molecule has 0 bridgehead atoms. The van der Waals surface area contributed by atoms with Gasteiger partial charge in [0.05, 0.1) is 18.7 Å². The van der Waals surface area contributed by atoms with E-state index in [4.69, 9.17) is 9.84 Å². The number of nitrogens with zero attached hydrogens (tertiary/aromatic N) is 1. The van der Waals surface area contributed by atoms with Gasteiger partial charge in [-0.05, 0) is 17.5 Å². The molecule has 1 aliphatic carbocycles. The van der Waals surface area contributed by atoms with Gasteiger partial charge in [-0.2, -0.15) is 0 Å². The molecule has 4 nitrogen and oxygen atoms in total. The molecule has 0 radical (unpaired) electrons. The molecule has 1 aromatic rings. The first kappa shape index (κ1) is 10.9. The Balaban J connectivity index is 2.37. The second-order valence-corrected chi connectivity index (χ2v) is 4.71. The fraction of sp³-hybridized carbons (Fsp3) is 0.500. The molecule has 0 unspecified atom stereocenters. The topological polar surface area (TPSA) is 59.4 Å². The summed E-state index contributed by atoms with van der Waals surface area (Å²) in [4.78, 5) is 15.3. The van der Waals surface area contributed by atoms with Crippen LogP contribution in [-0.2, 0) is 4.79 Å². The van der Waals surface area contributed by atoms with E-state index in [1.807, 2.05) is 19.9 Å². The Morgan fingerprint density at radius 2 is 2.25 bits per heavy atom. The van der Waals surface area contributed by atoms with Gasteiger partial charge in [0.2, 0.25) is 0 Å². The molecule has 1 fully saturated rings. The lowest BCUT2D eigenvalue weighted by molar-refractivity contribution is -0.139. The van der Waals surface area contributed by atoms with Crippen molar-refractivity contribution in [2.45, 2.75) is 19.8 Å². The van der Waals surface area contributed by atoms with Crippen LogP contribution in [0.1, 0.15) is 25.5 Å². The molecule has 1 heterocycles. The van der Waals surface area contributed by atoms with E-state index in [9.17, 15) is 4.79 Å². The molecule has 1 saturated carbocycles. The number of pyridine rings is 1. The van der Waals surface area contributed by atoms with Crippen molar-refractivity contribution >= 4 is 5.97 Å². The summed E-state index contributed by atoms with van der Waals surface area (Å²) in [5, 5.41) is 9.12. The van der Waals surface area contributed by atoms with Crippen molar-refractivity contribution in [2.24, 2.45) is 11.3 Å². The molecule has 0 saturated heterocycles. The normalized spacial score (nSPS) is 26.2. The van der Waals surface area contributed by atoms with Crippen LogP contribution in [0, 0.1) is 11.3 Å². The van der Waals surface area contributed by atoms with Gasteiger partial charge in [0.25, 0.3) is 0 Å². The Hall–Kier alpha value is -1.58. The first-order valence-corrected chi connectivity index (χ1v) is 5.22. The van der Waals surface area contributed by atoms with Crippen LogP contribution >= 0.6 is 0 Å². The highest BCUT2D eigenvalue weighted by Gasteiger charge is 2.64. The SMILES string of the molecule is COc1cccnc1[C@H]1[C@H](C(=O)O)C1(C)C. The fourth-order valence-corrected chi connectivity index (χ4v) is 2.42. The first-order valence-electron chi connectivity index (χ1n) is 5.22. The second-order valence-electron chi connectivity index (χ2n) is 4.71. The Morgan fingerprint density at radius 3 is 2.75 bits per heavy atom. The molecule has 86 valence electrons. The van der Waals surface area contributed by atoms with E-state index in [0.717, 1.165) is 5.69 Å². The zero-order valence-electron chi connectivity index (χ0n) is 9.60. The lowest BCUT2D eigenvalue weighted by atomic mass is 10.1. The summed E-state index contributed by atoms with van der Waals surface area (Å²) in [6.45, 7) is 3.90. The third kappa shape index (κ3) is 1.45. The van der Waals surface area contributed by atoms with Crippen molar-refractivity contribution in [3.8, 4) is 5.75 Å². The van der Waals surface area contributed by atoms with E-state index >= 15 is 0 Å². The predicted molar refractivity (Wildman–Crippen MR) is 58.4 cm³/mol. The van der Waals surface area contributed by atoms with Gasteiger partial charge in [-0.15, -0.1) is 0 Å². The number of carbonyl (C=O) groups is 1. The van der Waals surface area contributed by atoms with E-state index in [0.29, 0.717) is 5.75 Å². The van der Waals surface area contributed by atoms with E-state index < -0.39 is 5.97 Å². The Morgan fingerprint density at radius 1 is 1.56 bits per heavy atom. The molecule has 2 rings (SSSR count). The molecule has 1 N–H and O–H groups in total. The van der Waals surface area contributed by atoms with Crippen LogP contribution in [0.2, 0.25) is 0 Å². The molecule has 1 aliphatic rings. The second kappa shape index (κ2) is 3.47. The number of aliphatic carboxylic acids is 1. The average molecular weight is 221 g/mol. The third-order valence-corrected chi connectivity index (χ3v) is 3.41. The van der Waals surface area contributed by atoms with Crippen molar-refractivity contribution in [3.63, 3.8) is 0 Å². The molecule has 0 aliphatic heterocycles. The number of rotatable bonds is 3. The Labute approximate surface area is 94.3 Å².